The summed E-state index contributed by atoms with van der Waals surface area (Å²) in [5.41, 5.74) is 0. The molecule has 1 N–H and O–H groups in total. The first-order chi connectivity index (χ1) is 5.91. The molecule has 0 unspecified atom stereocenters. The standard InChI is InChI=1S/C6H4BrF3N2O/c7-3-1-11-5(12-2-3)4(13)6(8,9)10/h1-2,4,13H/t4-/m0/s1. The number of aromatic nitrogens is 2. The van der Waals surface area contributed by atoms with Crippen LogP contribution >= 0.6 is 15.9 Å². The lowest BCUT2D eigenvalue weighted by Gasteiger charge is -2.12. The molecule has 13 heavy (non-hydrogen) atoms. The van der Waals surface area contributed by atoms with Gasteiger partial charge in [-0.25, -0.2) is 9.97 Å². The van der Waals surface area contributed by atoms with Gasteiger partial charge in [0, 0.05) is 12.4 Å². The van der Waals surface area contributed by atoms with E-state index in [2.05, 4.69) is 25.9 Å². The van der Waals surface area contributed by atoms with Gasteiger partial charge in [0.05, 0.1) is 4.47 Å². The summed E-state index contributed by atoms with van der Waals surface area (Å²) in [5.74, 6) is -0.657. The number of alkyl halides is 3. The van der Waals surface area contributed by atoms with Crippen LogP contribution in [0.1, 0.15) is 11.9 Å². The summed E-state index contributed by atoms with van der Waals surface area (Å²) in [4.78, 5) is 6.63. The van der Waals surface area contributed by atoms with Crippen molar-refractivity contribution in [1.82, 2.24) is 9.97 Å². The topological polar surface area (TPSA) is 46.0 Å². The van der Waals surface area contributed by atoms with E-state index in [4.69, 9.17) is 5.11 Å². The largest absolute Gasteiger partial charge is 0.421 e. The van der Waals surface area contributed by atoms with Gasteiger partial charge in [-0.2, -0.15) is 13.2 Å². The molecule has 0 radical (unpaired) electrons. The molecule has 1 heterocycles. The van der Waals surface area contributed by atoms with Crippen molar-refractivity contribution in [3.8, 4) is 0 Å². The van der Waals surface area contributed by atoms with Gasteiger partial charge in [0.25, 0.3) is 0 Å². The van der Waals surface area contributed by atoms with Gasteiger partial charge in [0.15, 0.2) is 5.82 Å². The molecule has 0 aliphatic rings. The zero-order chi connectivity index (χ0) is 10.1. The van der Waals surface area contributed by atoms with E-state index in [-0.39, 0.29) is 0 Å². The molecule has 1 aromatic rings. The van der Waals surface area contributed by atoms with E-state index in [1.54, 1.807) is 0 Å². The molecule has 0 aliphatic carbocycles. The highest BCUT2D eigenvalue weighted by molar-refractivity contribution is 9.10. The van der Waals surface area contributed by atoms with E-state index in [1.807, 2.05) is 0 Å². The van der Waals surface area contributed by atoms with Gasteiger partial charge in [0.1, 0.15) is 0 Å². The SMILES string of the molecule is O[C@@H](c1ncc(Br)cn1)C(F)(F)F. The third-order valence-corrected chi connectivity index (χ3v) is 1.60. The maximum absolute atomic E-state index is 11.9. The van der Waals surface area contributed by atoms with E-state index in [1.165, 1.54) is 0 Å². The lowest BCUT2D eigenvalue weighted by Crippen LogP contribution is -2.22. The van der Waals surface area contributed by atoms with Crippen LogP contribution in [0.15, 0.2) is 16.9 Å². The molecule has 0 saturated carbocycles. The van der Waals surface area contributed by atoms with Crippen molar-refractivity contribution in [3.05, 3.63) is 22.7 Å². The summed E-state index contributed by atoms with van der Waals surface area (Å²) in [5, 5.41) is 8.68. The molecular formula is C6H4BrF3N2O. The molecule has 0 aromatic carbocycles. The fourth-order valence-electron chi connectivity index (χ4n) is 0.610. The van der Waals surface area contributed by atoms with Crippen LogP contribution in [0.3, 0.4) is 0 Å². The number of aliphatic hydroxyl groups excluding tert-OH is 1. The van der Waals surface area contributed by atoms with E-state index < -0.39 is 18.1 Å². The highest BCUT2D eigenvalue weighted by Crippen LogP contribution is 2.30. The van der Waals surface area contributed by atoms with E-state index in [0.717, 1.165) is 12.4 Å². The number of rotatable bonds is 1. The monoisotopic (exact) mass is 256 g/mol. The van der Waals surface area contributed by atoms with E-state index >= 15 is 0 Å². The number of aliphatic hydroxyl groups is 1. The Morgan fingerprint density at radius 2 is 1.77 bits per heavy atom. The maximum Gasteiger partial charge on any atom is 0.421 e. The summed E-state index contributed by atoms with van der Waals surface area (Å²) < 4.78 is 36.1. The van der Waals surface area contributed by atoms with Gasteiger partial charge in [0.2, 0.25) is 6.10 Å². The molecular weight excluding hydrogens is 253 g/mol. The fourth-order valence-corrected chi connectivity index (χ4v) is 0.815. The average molecular weight is 257 g/mol. The maximum atomic E-state index is 11.9. The van der Waals surface area contributed by atoms with Gasteiger partial charge in [-0.15, -0.1) is 0 Å². The lowest BCUT2D eigenvalue weighted by molar-refractivity contribution is -0.209. The number of hydrogen-bond acceptors (Lipinski definition) is 3. The van der Waals surface area contributed by atoms with E-state index in [9.17, 15) is 13.2 Å². The molecule has 1 rings (SSSR count). The zero-order valence-corrected chi connectivity index (χ0v) is 7.67. The Morgan fingerprint density at radius 1 is 1.31 bits per heavy atom. The smallest absolute Gasteiger partial charge is 0.377 e. The van der Waals surface area contributed by atoms with Crippen LogP contribution in [0.25, 0.3) is 0 Å². The molecule has 72 valence electrons. The Hall–Kier alpha value is -0.690. The number of halogens is 4. The van der Waals surface area contributed by atoms with Gasteiger partial charge in [-0.05, 0) is 15.9 Å². The first-order valence-corrected chi connectivity index (χ1v) is 3.93. The van der Waals surface area contributed by atoms with Crippen LogP contribution in [0.5, 0.6) is 0 Å². The Kier molecular flexibility index (Phi) is 2.87. The first-order valence-electron chi connectivity index (χ1n) is 3.13. The predicted molar refractivity (Wildman–Crippen MR) is 40.7 cm³/mol. The normalized spacial score (nSPS) is 14.2. The molecule has 0 fully saturated rings. The van der Waals surface area contributed by atoms with Gasteiger partial charge >= 0.3 is 6.18 Å². The second-order valence-electron chi connectivity index (χ2n) is 2.20. The lowest BCUT2D eigenvalue weighted by atomic mass is 10.3. The second kappa shape index (κ2) is 3.59. The Labute approximate surface area is 79.8 Å². The molecule has 0 bridgehead atoms. The number of nitrogens with zero attached hydrogens (tertiary/aromatic N) is 2. The van der Waals surface area contributed by atoms with E-state index in [0.29, 0.717) is 4.47 Å². The molecule has 0 aliphatic heterocycles. The van der Waals surface area contributed by atoms with Crippen molar-refractivity contribution in [2.75, 3.05) is 0 Å². The van der Waals surface area contributed by atoms with Crippen molar-refractivity contribution in [2.45, 2.75) is 12.3 Å². The van der Waals surface area contributed by atoms with Crippen molar-refractivity contribution < 1.29 is 18.3 Å². The summed E-state index contributed by atoms with van der Waals surface area (Å²) in [6.07, 6.45) is -5.08. The molecule has 0 saturated heterocycles. The fraction of sp³-hybridized carbons (Fsp3) is 0.333. The van der Waals surface area contributed by atoms with Crippen LogP contribution in [0.2, 0.25) is 0 Å². The Morgan fingerprint density at radius 3 is 2.15 bits per heavy atom. The third-order valence-electron chi connectivity index (χ3n) is 1.19. The molecule has 0 spiro atoms. The summed E-state index contributed by atoms with van der Waals surface area (Å²) in [6.45, 7) is 0. The van der Waals surface area contributed by atoms with Crippen molar-refractivity contribution in [3.63, 3.8) is 0 Å². The summed E-state index contributed by atoms with van der Waals surface area (Å²) >= 11 is 2.96. The molecule has 3 nitrogen and oxygen atoms in total. The van der Waals surface area contributed by atoms with Gasteiger partial charge < -0.3 is 5.11 Å². The third kappa shape index (κ3) is 2.63. The van der Waals surface area contributed by atoms with Crippen LogP contribution in [0.4, 0.5) is 13.2 Å². The quantitative estimate of drug-likeness (QED) is 0.834. The summed E-state index contributed by atoms with van der Waals surface area (Å²) in [7, 11) is 0. The molecule has 1 aromatic heterocycles. The Balaban J connectivity index is 2.90. The Bertz CT molecular complexity index is 287. The van der Waals surface area contributed by atoms with Crippen LogP contribution in [0, 0.1) is 0 Å². The van der Waals surface area contributed by atoms with Gasteiger partial charge in [-0.3, -0.25) is 0 Å². The first kappa shape index (κ1) is 10.4. The van der Waals surface area contributed by atoms with Crippen molar-refractivity contribution in [1.29, 1.82) is 0 Å². The van der Waals surface area contributed by atoms with Crippen molar-refractivity contribution in [2.24, 2.45) is 0 Å². The minimum atomic E-state index is -4.73. The van der Waals surface area contributed by atoms with Crippen LogP contribution < -0.4 is 0 Å². The highest BCUT2D eigenvalue weighted by atomic mass is 79.9. The molecule has 1 atom stereocenters. The average Bonchev–Trinajstić information content (AvgIpc) is 2.03. The van der Waals surface area contributed by atoms with Crippen LogP contribution in [-0.4, -0.2) is 21.3 Å². The minimum Gasteiger partial charge on any atom is -0.377 e. The highest BCUT2D eigenvalue weighted by Gasteiger charge is 2.41. The van der Waals surface area contributed by atoms with Gasteiger partial charge in [-0.1, -0.05) is 0 Å². The minimum absolute atomic E-state index is 0.450. The summed E-state index contributed by atoms with van der Waals surface area (Å²) in [6, 6.07) is 0. The second-order valence-corrected chi connectivity index (χ2v) is 3.12. The van der Waals surface area contributed by atoms with Crippen LogP contribution in [-0.2, 0) is 0 Å². The molecule has 7 heteroatoms. The zero-order valence-electron chi connectivity index (χ0n) is 6.09. The predicted octanol–water partition coefficient (Wildman–Crippen LogP) is 1.83. The molecule has 0 amide bonds. The number of hydrogen-bond donors (Lipinski definition) is 1. The van der Waals surface area contributed by atoms with Crippen molar-refractivity contribution >= 4 is 15.9 Å².